The molecule has 2 aromatic carbocycles. The topological polar surface area (TPSA) is 76.1 Å². The van der Waals surface area contributed by atoms with Crippen LogP contribution in [-0.4, -0.2) is 31.6 Å². The number of aromatic nitrogens is 1. The summed E-state index contributed by atoms with van der Waals surface area (Å²) < 4.78 is 62.4. The summed E-state index contributed by atoms with van der Waals surface area (Å²) in [5.74, 6) is -0.382. The highest BCUT2D eigenvalue weighted by Gasteiger charge is 2.30. The van der Waals surface area contributed by atoms with Crippen LogP contribution in [0.25, 0.3) is 10.6 Å². The van der Waals surface area contributed by atoms with Gasteiger partial charge in [-0.15, -0.1) is 11.3 Å². The summed E-state index contributed by atoms with van der Waals surface area (Å²) in [5.41, 5.74) is 0.298. The second-order valence-corrected chi connectivity index (χ2v) is 9.70. The predicted molar refractivity (Wildman–Crippen MR) is 112 cm³/mol. The molecule has 1 heterocycles. The summed E-state index contributed by atoms with van der Waals surface area (Å²) in [6.45, 7) is 0.209. The van der Waals surface area contributed by atoms with E-state index in [-0.39, 0.29) is 35.9 Å². The monoisotopic (exact) mass is 468 g/mol. The minimum Gasteiger partial charge on any atom is -0.356 e. The largest absolute Gasteiger partial charge is 0.416 e. The van der Waals surface area contributed by atoms with Crippen LogP contribution in [0.15, 0.2) is 64.9 Å². The minimum absolute atomic E-state index is 0.00255. The Morgan fingerprint density at radius 2 is 1.71 bits per heavy atom. The van der Waals surface area contributed by atoms with Crippen LogP contribution in [0.1, 0.15) is 17.7 Å². The Labute approximate surface area is 181 Å². The van der Waals surface area contributed by atoms with Crippen LogP contribution in [0.3, 0.4) is 0 Å². The second-order valence-electron chi connectivity index (χ2n) is 6.73. The first-order valence-electron chi connectivity index (χ1n) is 9.32. The van der Waals surface area contributed by atoms with Crippen LogP contribution in [0, 0.1) is 0 Å². The SMILES string of the molecule is O=C(Cc1csc(-c2ccc(C(F)(F)F)cc2)n1)NCCCS(=O)(=O)c1ccccc1. The van der Waals surface area contributed by atoms with Crippen molar-refractivity contribution in [2.45, 2.75) is 23.9 Å². The van der Waals surface area contributed by atoms with E-state index in [1.807, 2.05) is 0 Å². The Bertz CT molecular complexity index is 1130. The van der Waals surface area contributed by atoms with E-state index in [4.69, 9.17) is 0 Å². The summed E-state index contributed by atoms with van der Waals surface area (Å²) in [7, 11) is -3.39. The molecular formula is C21H19F3N2O3S2. The van der Waals surface area contributed by atoms with Crippen LogP contribution in [0.4, 0.5) is 13.2 Å². The number of nitrogens with one attached hydrogen (secondary N) is 1. The van der Waals surface area contributed by atoms with Crippen molar-refractivity contribution in [3.8, 4) is 10.6 Å². The van der Waals surface area contributed by atoms with Crippen LogP contribution in [0.5, 0.6) is 0 Å². The number of amides is 1. The number of benzene rings is 2. The first kappa shape index (κ1) is 23.0. The van der Waals surface area contributed by atoms with Gasteiger partial charge in [0.25, 0.3) is 0 Å². The van der Waals surface area contributed by atoms with Gasteiger partial charge in [0.1, 0.15) is 5.01 Å². The molecule has 0 fully saturated rings. The predicted octanol–water partition coefficient (Wildman–Crippen LogP) is 4.35. The first-order chi connectivity index (χ1) is 14.6. The highest BCUT2D eigenvalue weighted by Crippen LogP contribution is 2.31. The zero-order valence-corrected chi connectivity index (χ0v) is 17.9. The van der Waals surface area contributed by atoms with Gasteiger partial charge in [-0.3, -0.25) is 4.79 Å². The smallest absolute Gasteiger partial charge is 0.356 e. The van der Waals surface area contributed by atoms with E-state index in [9.17, 15) is 26.4 Å². The maximum absolute atomic E-state index is 12.7. The molecule has 5 nitrogen and oxygen atoms in total. The van der Waals surface area contributed by atoms with Gasteiger partial charge in [0.2, 0.25) is 5.91 Å². The molecule has 0 aliphatic heterocycles. The third-order valence-electron chi connectivity index (χ3n) is 4.37. The number of hydrogen-bond donors (Lipinski definition) is 1. The zero-order chi connectivity index (χ0) is 22.5. The molecule has 0 unspecified atom stereocenters. The van der Waals surface area contributed by atoms with Gasteiger partial charge >= 0.3 is 6.18 Å². The van der Waals surface area contributed by atoms with Crippen LogP contribution >= 0.6 is 11.3 Å². The van der Waals surface area contributed by atoms with Gasteiger partial charge in [-0.2, -0.15) is 13.2 Å². The molecule has 1 aromatic heterocycles. The second kappa shape index (κ2) is 9.61. The van der Waals surface area contributed by atoms with E-state index in [1.165, 1.54) is 35.6 Å². The molecule has 1 N–H and O–H groups in total. The fraction of sp³-hybridized carbons (Fsp3) is 0.238. The minimum atomic E-state index is -4.40. The molecule has 0 radical (unpaired) electrons. The van der Waals surface area contributed by atoms with Crippen LogP contribution in [-0.2, 0) is 27.2 Å². The van der Waals surface area contributed by atoms with Crippen molar-refractivity contribution < 1.29 is 26.4 Å². The molecule has 0 spiro atoms. The number of thiazole rings is 1. The number of halogens is 3. The third kappa shape index (κ3) is 6.38. The summed E-state index contributed by atoms with van der Waals surface area (Å²) >= 11 is 1.24. The van der Waals surface area contributed by atoms with Gasteiger partial charge in [-0.05, 0) is 30.7 Å². The number of sulfone groups is 1. The molecule has 3 aromatic rings. The standard InChI is InChI=1S/C21H19F3N2O3S2/c22-21(23,24)16-9-7-15(8-10-16)20-26-17(14-30-20)13-19(27)25-11-4-12-31(28,29)18-5-2-1-3-6-18/h1-3,5-10,14H,4,11-13H2,(H,25,27). The lowest BCUT2D eigenvalue weighted by Crippen LogP contribution is -2.27. The van der Waals surface area contributed by atoms with Crippen molar-refractivity contribution in [2.75, 3.05) is 12.3 Å². The molecular weight excluding hydrogens is 449 g/mol. The fourth-order valence-corrected chi connectivity index (χ4v) is 4.94. The van der Waals surface area contributed by atoms with E-state index in [1.54, 1.807) is 23.6 Å². The fourth-order valence-electron chi connectivity index (χ4n) is 2.79. The number of alkyl halides is 3. The Kier molecular flexibility index (Phi) is 7.11. The summed E-state index contributed by atoms with van der Waals surface area (Å²) in [5, 5.41) is 4.86. The molecule has 3 rings (SSSR count). The third-order valence-corrected chi connectivity index (χ3v) is 7.12. The summed E-state index contributed by atoms with van der Waals surface area (Å²) in [6, 6.07) is 12.8. The molecule has 0 aliphatic rings. The molecule has 10 heteroatoms. The molecule has 1 amide bonds. The maximum atomic E-state index is 12.7. The molecule has 164 valence electrons. The van der Waals surface area contributed by atoms with Crippen molar-refractivity contribution in [1.82, 2.24) is 10.3 Å². The molecule has 0 aliphatic carbocycles. The van der Waals surface area contributed by atoms with Gasteiger partial charge < -0.3 is 5.32 Å². The van der Waals surface area contributed by atoms with E-state index in [0.29, 0.717) is 16.3 Å². The maximum Gasteiger partial charge on any atom is 0.416 e. The van der Waals surface area contributed by atoms with Gasteiger partial charge in [0.05, 0.1) is 28.3 Å². The Hall–Kier alpha value is -2.72. The van der Waals surface area contributed by atoms with Gasteiger partial charge in [0, 0.05) is 17.5 Å². The first-order valence-corrected chi connectivity index (χ1v) is 11.8. The lowest BCUT2D eigenvalue weighted by Gasteiger charge is -2.06. The molecule has 31 heavy (non-hydrogen) atoms. The normalized spacial score (nSPS) is 12.0. The van der Waals surface area contributed by atoms with Crippen LogP contribution < -0.4 is 5.32 Å². The molecule has 0 saturated heterocycles. The van der Waals surface area contributed by atoms with Crippen LogP contribution in [0.2, 0.25) is 0 Å². The van der Waals surface area contributed by atoms with Crippen molar-refractivity contribution in [3.63, 3.8) is 0 Å². The van der Waals surface area contributed by atoms with Gasteiger partial charge in [-0.1, -0.05) is 30.3 Å². The molecule has 0 bridgehead atoms. The lowest BCUT2D eigenvalue weighted by atomic mass is 10.1. The van der Waals surface area contributed by atoms with Crippen molar-refractivity contribution in [1.29, 1.82) is 0 Å². The van der Waals surface area contributed by atoms with Gasteiger partial charge in [0.15, 0.2) is 9.84 Å². The van der Waals surface area contributed by atoms with E-state index in [0.717, 1.165) is 12.1 Å². The number of carbonyl (C=O) groups excluding carboxylic acids is 1. The number of carbonyl (C=O) groups is 1. The van der Waals surface area contributed by atoms with Crippen molar-refractivity contribution in [2.24, 2.45) is 0 Å². The highest BCUT2D eigenvalue weighted by atomic mass is 32.2. The van der Waals surface area contributed by atoms with Gasteiger partial charge in [-0.25, -0.2) is 13.4 Å². The van der Waals surface area contributed by atoms with E-state index < -0.39 is 21.6 Å². The number of hydrogen-bond acceptors (Lipinski definition) is 5. The zero-order valence-electron chi connectivity index (χ0n) is 16.2. The summed E-state index contributed by atoms with van der Waals surface area (Å²) in [4.78, 5) is 16.6. The Morgan fingerprint density at radius 3 is 2.35 bits per heavy atom. The lowest BCUT2D eigenvalue weighted by molar-refractivity contribution is -0.137. The number of nitrogens with zero attached hydrogens (tertiary/aromatic N) is 1. The average Bonchev–Trinajstić information content (AvgIpc) is 3.20. The molecule has 0 atom stereocenters. The summed E-state index contributed by atoms with van der Waals surface area (Å²) in [6.07, 6.45) is -4.12. The quantitative estimate of drug-likeness (QED) is 0.499. The molecule has 0 saturated carbocycles. The highest BCUT2D eigenvalue weighted by molar-refractivity contribution is 7.91. The Morgan fingerprint density at radius 1 is 1.03 bits per heavy atom. The average molecular weight is 469 g/mol. The number of rotatable bonds is 8. The van der Waals surface area contributed by atoms with E-state index >= 15 is 0 Å². The Balaban J connectivity index is 1.48. The van der Waals surface area contributed by atoms with Crippen molar-refractivity contribution in [3.05, 3.63) is 71.2 Å². The van der Waals surface area contributed by atoms with E-state index in [2.05, 4.69) is 10.3 Å². The van der Waals surface area contributed by atoms with Crippen molar-refractivity contribution >= 4 is 27.1 Å².